The molecule has 1 unspecified atom stereocenters. The summed E-state index contributed by atoms with van der Waals surface area (Å²) in [7, 11) is 0. The highest BCUT2D eigenvalue weighted by Crippen LogP contribution is 2.30. The second-order valence-electron chi connectivity index (χ2n) is 5.17. The van der Waals surface area contributed by atoms with Gasteiger partial charge in [-0.15, -0.1) is 0 Å². The van der Waals surface area contributed by atoms with Crippen LogP contribution in [0.2, 0.25) is 0 Å². The summed E-state index contributed by atoms with van der Waals surface area (Å²) in [6, 6.07) is 0. The molecule has 0 aromatic rings. The van der Waals surface area contributed by atoms with Crippen molar-refractivity contribution in [1.82, 2.24) is 0 Å². The zero-order valence-electron chi connectivity index (χ0n) is 10.8. The van der Waals surface area contributed by atoms with E-state index in [2.05, 4.69) is 20.8 Å². The molecule has 1 nitrogen and oxygen atoms in total. The van der Waals surface area contributed by atoms with Gasteiger partial charge in [0.15, 0.2) is 0 Å². The normalized spacial score (nSPS) is 29.0. The Morgan fingerprint density at radius 2 is 1.73 bits per heavy atom. The van der Waals surface area contributed by atoms with E-state index in [4.69, 9.17) is 4.74 Å². The van der Waals surface area contributed by atoms with Gasteiger partial charge in [-0.25, -0.2) is 0 Å². The van der Waals surface area contributed by atoms with Gasteiger partial charge in [-0.1, -0.05) is 33.1 Å². The van der Waals surface area contributed by atoms with Gasteiger partial charge in [0.2, 0.25) is 0 Å². The van der Waals surface area contributed by atoms with Gasteiger partial charge in [-0.05, 0) is 44.9 Å². The molecule has 1 saturated carbocycles. The van der Waals surface area contributed by atoms with Crippen molar-refractivity contribution in [2.45, 2.75) is 84.3 Å². The molecule has 1 aliphatic carbocycles. The van der Waals surface area contributed by atoms with Crippen molar-refractivity contribution in [3.05, 3.63) is 0 Å². The Kier molecular flexibility index (Phi) is 6.31. The SMILES string of the molecule is CCCC1CCC(OC(C)CCC)CC1. The van der Waals surface area contributed by atoms with Gasteiger partial charge in [-0.3, -0.25) is 0 Å². The first-order valence-corrected chi connectivity index (χ1v) is 6.91. The quantitative estimate of drug-likeness (QED) is 0.627. The minimum Gasteiger partial charge on any atom is -0.375 e. The first kappa shape index (κ1) is 13.0. The molecule has 1 fully saturated rings. The van der Waals surface area contributed by atoms with Gasteiger partial charge in [0.1, 0.15) is 0 Å². The van der Waals surface area contributed by atoms with Crippen LogP contribution in [-0.4, -0.2) is 12.2 Å². The van der Waals surface area contributed by atoms with Gasteiger partial charge >= 0.3 is 0 Å². The zero-order valence-corrected chi connectivity index (χ0v) is 10.8. The van der Waals surface area contributed by atoms with Crippen molar-refractivity contribution in [1.29, 1.82) is 0 Å². The summed E-state index contributed by atoms with van der Waals surface area (Å²) in [5.74, 6) is 0.997. The molecular weight excluding hydrogens is 184 g/mol. The molecule has 0 saturated heterocycles. The van der Waals surface area contributed by atoms with E-state index in [9.17, 15) is 0 Å². The highest BCUT2D eigenvalue weighted by Gasteiger charge is 2.22. The molecule has 0 aliphatic heterocycles. The van der Waals surface area contributed by atoms with E-state index >= 15 is 0 Å². The smallest absolute Gasteiger partial charge is 0.0579 e. The average Bonchev–Trinajstić information content (AvgIpc) is 2.22. The van der Waals surface area contributed by atoms with Crippen LogP contribution in [0.4, 0.5) is 0 Å². The summed E-state index contributed by atoms with van der Waals surface area (Å²) < 4.78 is 6.06. The summed E-state index contributed by atoms with van der Waals surface area (Å²) in [5.41, 5.74) is 0. The number of rotatable bonds is 6. The molecule has 0 amide bonds. The third-order valence-electron chi connectivity index (χ3n) is 3.61. The number of hydrogen-bond donors (Lipinski definition) is 0. The molecule has 1 atom stereocenters. The fraction of sp³-hybridized carbons (Fsp3) is 1.00. The van der Waals surface area contributed by atoms with E-state index in [1.54, 1.807) is 0 Å². The van der Waals surface area contributed by atoms with Crippen LogP contribution in [0.1, 0.15) is 72.1 Å². The summed E-state index contributed by atoms with van der Waals surface area (Å²) in [4.78, 5) is 0. The Balaban J connectivity index is 2.14. The van der Waals surface area contributed by atoms with Crippen molar-refractivity contribution in [3.63, 3.8) is 0 Å². The van der Waals surface area contributed by atoms with Crippen LogP contribution in [-0.2, 0) is 4.74 Å². The fourth-order valence-electron chi connectivity index (χ4n) is 2.77. The molecule has 0 aromatic heterocycles. The Labute approximate surface area is 95.6 Å². The molecule has 1 rings (SSSR count). The minimum atomic E-state index is 0.475. The van der Waals surface area contributed by atoms with E-state index in [0.29, 0.717) is 12.2 Å². The molecule has 1 aliphatic rings. The molecular formula is C14H28O. The standard InChI is InChI=1S/C14H28O/c1-4-6-12(3)15-14-10-8-13(7-5-2)9-11-14/h12-14H,4-11H2,1-3H3. The van der Waals surface area contributed by atoms with E-state index in [-0.39, 0.29) is 0 Å². The molecule has 90 valence electrons. The monoisotopic (exact) mass is 212 g/mol. The summed E-state index contributed by atoms with van der Waals surface area (Å²) in [6.45, 7) is 6.76. The minimum absolute atomic E-state index is 0.475. The molecule has 1 heteroatoms. The van der Waals surface area contributed by atoms with Gasteiger partial charge in [0.05, 0.1) is 12.2 Å². The predicted octanol–water partition coefficient (Wildman–Crippen LogP) is 4.55. The summed E-state index contributed by atoms with van der Waals surface area (Å²) >= 11 is 0. The van der Waals surface area contributed by atoms with E-state index in [0.717, 1.165) is 5.92 Å². The first-order chi connectivity index (χ1) is 7.26. The molecule has 0 radical (unpaired) electrons. The van der Waals surface area contributed by atoms with Crippen LogP contribution in [0.25, 0.3) is 0 Å². The summed E-state index contributed by atoms with van der Waals surface area (Å²) in [5, 5.41) is 0. The highest BCUT2D eigenvalue weighted by atomic mass is 16.5. The van der Waals surface area contributed by atoms with Crippen LogP contribution in [0, 0.1) is 5.92 Å². The maximum absolute atomic E-state index is 6.06. The predicted molar refractivity (Wildman–Crippen MR) is 66.1 cm³/mol. The molecule has 0 spiro atoms. The van der Waals surface area contributed by atoms with Crippen LogP contribution < -0.4 is 0 Å². The van der Waals surface area contributed by atoms with E-state index in [1.165, 1.54) is 51.4 Å². The molecule has 0 aromatic carbocycles. The maximum atomic E-state index is 6.06. The first-order valence-electron chi connectivity index (χ1n) is 6.91. The topological polar surface area (TPSA) is 9.23 Å². The number of hydrogen-bond acceptors (Lipinski definition) is 1. The van der Waals surface area contributed by atoms with E-state index in [1.807, 2.05) is 0 Å². The largest absolute Gasteiger partial charge is 0.375 e. The maximum Gasteiger partial charge on any atom is 0.0579 e. The molecule has 15 heavy (non-hydrogen) atoms. The van der Waals surface area contributed by atoms with Gasteiger partial charge in [0, 0.05) is 0 Å². The van der Waals surface area contributed by atoms with Crippen LogP contribution >= 0.6 is 0 Å². The van der Waals surface area contributed by atoms with Crippen LogP contribution in [0.15, 0.2) is 0 Å². The molecule has 0 N–H and O–H groups in total. The highest BCUT2D eigenvalue weighted by molar-refractivity contribution is 4.73. The van der Waals surface area contributed by atoms with Crippen molar-refractivity contribution >= 4 is 0 Å². The Hall–Kier alpha value is -0.0400. The number of ether oxygens (including phenoxy) is 1. The third kappa shape index (κ3) is 5.01. The second-order valence-corrected chi connectivity index (χ2v) is 5.17. The lowest BCUT2D eigenvalue weighted by Crippen LogP contribution is -2.25. The zero-order chi connectivity index (χ0) is 11.1. The van der Waals surface area contributed by atoms with Crippen LogP contribution in [0.5, 0.6) is 0 Å². The van der Waals surface area contributed by atoms with Crippen molar-refractivity contribution in [2.75, 3.05) is 0 Å². The lowest BCUT2D eigenvalue weighted by molar-refractivity contribution is -0.0319. The van der Waals surface area contributed by atoms with Gasteiger partial charge < -0.3 is 4.74 Å². The lowest BCUT2D eigenvalue weighted by atomic mass is 9.84. The van der Waals surface area contributed by atoms with Crippen LogP contribution in [0.3, 0.4) is 0 Å². The average molecular weight is 212 g/mol. The van der Waals surface area contributed by atoms with Crippen molar-refractivity contribution in [3.8, 4) is 0 Å². The van der Waals surface area contributed by atoms with Crippen molar-refractivity contribution < 1.29 is 4.74 Å². The van der Waals surface area contributed by atoms with Gasteiger partial charge in [-0.2, -0.15) is 0 Å². The summed E-state index contributed by atoms with van der Waals surface area (Å²) in [6.07, 6.45) is 11.7. The Bertz CT molecular complexity index is 147. The Morgan fingerprint density at radius 3 is 2.27 bits per heavy atom. The second kappa shape index (κ2) is 7.27. The fourth-order valence-corrected chi connectivity index (χ4v) is 2.77. The van der Waals surface area contributed by atoms with Gasteiger partial charge in [0.25, 0.3) is 0 Å². The van der Waals surface area contributed by atoms with Crippen molar-refractivity contribution in [2.24, 2.45) is 5.92 Å². The third-order valence-corrected chi connectivity index (χ3v) is 3.61. The molecule has 0 heterocycles. The molecule has 0 bridgehead atoms. The Morgan fingerprint density at radius 1 is 1.07 bits per heavy atom. The lowest BCUT2D eigenvalue weighted by Gasteiger charge is -2.30. The van der Waals surface area contributed by atoms with E-state index < -0.39 is 0 Å².